The number of hydrogen-bond donors (Lipinski definition) is 1. The number of aryl methyl sites for hydroxylation is 2. The zero-order chi connectivity index (χ0) is 14.5. The molecular formula is C16H19N3O. The highest BCUT2D eigenvalue weighted by molar-refractivity contribution is 5.89. The van der Waals surface area contributed by atoms with Gasteiger partial charge in [-0.3, -0.25) is 4.98 Å². The molecule has 0 atom stereocenters. The molecule has 20 heavy (non-hydrogen) atoms. The summed E-state index contributed by atoms with van der Waals surface area (Å²) in [4.78, 5) is 17.8. The van der Waals surface area contributed by atoms with E-state index in [4.69, 9.17) is 0 Å². The average molecular weight is 269 g/mol. The number of carbonyl (C=O) groups excluding carboxylic acids is 1. The van der Waals surface area contributed by atoms with Crippen molar-refractivity contribution in [2.24, 2.45) is 0 Å². The van der Waals surface area contributed by atoms with Crippen molar-refractivity contribution < 1.29 is 4.79 Å². The summed E-state index contributed by atoms with van der Waals surface area (Å²) in [7, 11) is 1.77. The minimum Gasteiger partial charge on any atom is -0.323 e. The van der Waals surface area contributed by atoms with Crippen LogP contribution in [0.1, 0.15) is 16.7 Å². The highest BCUT2D eigenvalue weighted by Gasteiger charge is 2.09. The van der Waals surface area contributed by atoms with Crippen LogP contribution in [0.2, 0.25) is 0 Å². The van der Waals surface area contributed by atoms with Crippen molar-refractivity contribution in [3.05, 3.63) is 59.4 Å². The van der Waals surface area contributed by atoms with Gasteiger partial charge in [0.2, 0.25) is 0 Å². The van der Waals surface area contributed by atoms with Gasteiger partial charge in [-0.05, 0) is 48.7 Å². The maximum Gasteiger partial charge on any atom is 0.321 e. The smallest absolute Gasteiger partial charge is 0.321 e. The lowest BCUT2D eigenvalue weighted by Crippen LogP contribution is -2.30. The first-order valence-electron chi connectivity index (χ1n) is 6.54. The van der Waals surface area contributed by atoms with Crippen molar-refractivity contribution in [1.29, 1.82) is 0 Å². The van der Waals surface area contributed by atoms with Crippen LogP contribution in [0, 0.1) is 13.8 Å². The van der Waals surface area contributed by atoms with E-state index in [1.54, 1.807) is 24.3 Å². The van der Waals surface area contributed by atoms with Crippen LogP contribution >= 0.6 is 0 Å². The summed E-state index contributed by atoms with van der Waals surface area (Å²) in [6, 6.07) is 9.59. The molecule has 4 heteroatoms. The largest absolute Gasteiger partial charge is 0.323 e. The molecule has 104 valence electrons. The summed E-state index contributed by atoms with van der Waals surface area (Å²) in [5.74, 6) is 0. The molecule has 0 fully saturated rings. The molecule has 1 N–H and O–H groups in total. The summed E-state index contributed by atoms with van der Waals surface area (Å²) in [5.41, 5.74) is 4.20. The second-order valence-corrected chi connectivity index (χ2v) is 4.95. The van der Waals surface area contributed by atoms with Gasteiger partial charge in [-0.15, -0.1) is 0 Å². The first kappa shape index (κ1) is 14.1. The predicted octanol–water partition coefficient (Wildman–Crippen LogP) is 3.36. The number of nitrogens with one attached hydrogen (secondary N) is 1. The number of carbonyl (C=O) groups is 1. The molecule has 2 amide bonds. The number of amides is 2. The molecule has 0 spiro atoms. The monoisotopic (exact) mass is 269 g/mol. The van der Waals surface area contributed by atoms with E-state index in [-0.39, 0.29) is 6.03 Å². The van der Waals surface area contributed by atoms with Gasteiger partial charge in [0.1, 0.15) is 0 Å². The van der Waals surface area contributed by atoms with E-state index >= 15 is 0 Å². The molecule has 0 aliphatic heterocycles. The molecule has 1 aromatic heterocycles. The number of urea groups is 1. The molecule has 2 rings (SSSR count). The van der Waals surface area contributed by atoms with Gasteiger partial charge in [0.15, 0.2) is 0 Å². The Kier molecular flexibility index (Phi) is 4.35. The Morgan fingerprint density at radius 1 is 1.25 bits per heavy atom. The second kappa shape index (κ2) is 6.19. The zero-order valence-corrected chi connectivity index (χ0v) is 12.1. The standard InChI is InChI=1S/C16H19N3O/c1-12-6-7-15(9-13(12)2)18-16(20)19(3)11-14-5-4-8-17-10-14/h4-10H,11H2,1-3H3,(H,18,20). The van der Waals surface area contributed by atoms with Gasteiger partial charge in [-0.25, -0.2) is 4.79 Å². The maximum atomic E-state index is 12.1. The van der Waals surface area contributed by atoms with Crippen molar-refractivity contribution in [3.63, 3.8) is 0 Å². The molecule has 0 saturated carbocycles. The number of anilines is 1. The van der Waals surface area contributed by atoms with Crippen molar-refractivity contribution in [2.75, 3.05) is 12.4 Å². The summed E-state index contributed by atoms with van der Waals surface area (Å²) >= 11 is 0. The summed E-state index contributed by atoms with van der Waals surface area (Å²) < 4.78 is 0. The Balaban J connectivity index is 1.99. The van der Waals surface area contributed by atoms with E-state index in [2.05, 4.69) is 17.2 Å². The fraction of sp³-hybridized carbons (Fsp3) is 0.250. The number of nitrogens with zero attached hydrogens (tertiary/aromatic N) is 2. The first-order valence-corrected chi connectivity index (χ1v) is 6.54. The van der Waals surface area contributed by atoms with Crippen molar-refractivity contribution >= 4 is 11.7 Å². The van der Waals surface area contributed by atoms with Gasteiger partial charge in [0.05, 0.1) is 0 Å². The Hall–Kier alpha value is -2.36. The van der Waals surface area contributed by atoms with E-state index in [0.717, 1.165) is 16.8 Å². The van der Waals surface area contributed by atoms with Crippen LogP contribution in [0.15, 0.2) is 42.7 Å². The van der Waals surface area contributed by atoms with Gasteiger partial charge in [0.25, 0.3) is 0 Å². The van der Waals surface area contributed by atoms with Crippen LogP contribution in [-0.2, 0) is 6.54 Å². The first-order chi connectivity index (χ1) is 9.56. The van der Waals surface area contributed by atoms with Gasteiger partial charge in [0, 0.05) is 31.7 Å². The highest BCUT2D eigenvalue weighted by Crippen LogP contribution is 2.14. The van der Waals surface area contributed by atoms with Crippen LogP contribution in [0.4, 0.5) is 10.5 Å². The Morgan fingerprint density at radius 2 is 2.05 bits per heavy atom. The third kappa shape index (κ3) is 3.57. The minimum absolute atomic E-state index is 0.128. The molecule has 1 heterocycles. The summed E-state index contributed by atoms with van der Waals surface area (Å²) in [6.45, 7) is 4.62. The topological polar surface area (TPSA) is 45.2 Å². The molecular weight excluding hydrogens is 250 g/mol. The van der Waals surface area contributed by atoms with E-state index in [0.29, 0.717) is 6.54 Å². The van der Waals surface area contributed by atoms with Crippen LogP contribution in [0.25, 0.3) is 0 Å². The van der Waals surface area contributed by atoms with E-state index < -0.39 is 0 Å². The SMILES string of the molecule is Cc1ccc(NC(=O)N(C)Cc2cccnc2)cc1C. The Labute approximate surface area is 119 Å². The van der Waals surface area contributed by atoms with E-state index in [1.807, 2.05) is 37.3 Å². The normalized spacial score (nSPS) is 10.2. The molecule has 0 aliphatic rings. The highest BCUT2D eigenvalue weighted by atomic mass is 16.2. The summed E-state index contributed by atoms with van der Waals surface area (Å²) in [5, 5.41) is 2.90. The fourth-order valence-corrected chi connectivity index (χ4v) is 1.88. The van der Waals surface area contributed by atoms with Gasteiger partial charge in [-0.2, -0.15) is 0 Å². The maximum absolute atomic E-state index is 12.1. The minimum atomic E-state index is -0.128. The Bertz CT molecular complexity index is 596. The molecule has 0 bridgehead atoms. The number of pyridine rings is 1. The quantitative estimate of drug-likeness (QED) is 0.928. The van der Waals surface area contributed by atoms with Gasteiger partial charge in [-0.1, -0.05) is 12.1 Å². The fourth-order valence-electron chi connectivity index (χ4n) is 1.88. The second-order valence-electron chi connectivity index (χ2n) is 4.95. The number of benzene rings is 1. The molecule has 2 aromatic rings. The third-order valence-electron chi connectivity index (χ3n) is 3.25. The molecule has 0 aliphatic carbocycles. The number of aromatic nitrogens is 1. The Morgan fingerprint density at radius 3 is 2.70 bits per heavy atom. The molecule has 1 aromatic carbocycles. The molecule has 4 nitrogen and oxygen atoms in total. The van der Waals surface area contributed by atoms with Gasteiger partial charge >= 0.3 is 6.03 Å². The summed E-state index contributed by atoms with van der Waals surface area (Å²) in [6.07, 6.45) is 3.48. The number of rotatable bonds is 3. The van der Waals surface area contributed by atoms with Crippen LogP contribution in [0.5, 0.6) is 0 Å². The van der Waals surface area contributed by atoms with Gasteiger partial charge < -0.3 is 10.2 Å². The third-order valence-corrected chi connectivity index (χ3v) is 3.25. The van der Waals surface area contributed by atoms with Crippen LogP contribution in [-0.4, -0.2) is 23.0 Å². The number of hydrogen-bond acceptors (Lipinski definition) is 2. The lowest BCUT2D eigenvalue weighted by molar-refractivity contribution is 0.220. The molecule has 0 saturated heterocycles. The lowest BCUT2D eigenvalue weighted by Gasteiger charge is -2.18. The van der Waals surface area contributed by atoms with Crippen molar-refractivity contribution in [3.8, 4) is 0 Å². The van der Waals surface area contributed by atoms with E-state index in [1.165, 1.54) is 5.56 Å². The predicted molar refractivity (Wildman–Crippen MR) is 80.6 cm³/mol. The van der Waals surface area contributed by atoms with Crippen LogP contribution in [0.3, 0.4) is 0 Å². The molecule has 0 unspecified atom stereocenters. The molecule has 0 radical (unpaired) electrons. The van der Waals surface area contributed by atoms with E-state index in [9.17, 15) is 4.79 Å². The lowest BCUT2D eigenvalue weighted by atomic mass is 10.1. The van der Waals surface area contributed by atoms with Crippen LogP contribution < -0.4 is 5.32 Å². The zero-order valence-electron chi connectivity index (χ0n) is 12.1. The van der Waals surface area contributed by atoms with Crippen molar-refractivity contribution in [2.45, 2.75) is 20.4 Å². The van der Waals surface area contributed by atoms with Crippen molar-refractivity contribution in [1.82, 2.24) is 9.88 Å². The average Bonchev–Trinajstić information content (AvgIpc) is 2.44.